The summed E-state index contributed by atoms with van der Waals surface area (Å²) in [4.78, 5) is 12.4. The Morgan fingerprint density at radius 2 is 1.75 bits per heavy atom. The van der Waals surface area contributed by atoms with Gasteiger partial charge in [-0.2, -0.15) is 4.73 Å². The molecule has 0 fully saturated rings. The van der Waals surface area contributed by atoms with Gasteiger partial charge in [0, 0.05) is 17.4 Å². The van der Waals surface area contributed by atoms with Gasteiger partial charge in [-0.05, 0) is 31.9 Å². The van der Waals surface area contributed by atoms with Crippen molar-refractivity contribution in [2.45, 2.75) is 65.2 Å². The van der Waals surface area contributed by atoms with Gasteiger partial charge in [0.05, 0.1) is 11.2 Å². The third kappa shape index (κ3) is 4.50. The Morgan fingerprint density at radius 3 is 2.54 bits per heavy atom. The maximum atomic E-state index is 12.4. The fraction of sp³-hybridized carbons (Fsp3) is 0.476. The summed E-state index contributed by atoms with van der Waals surface area (Å²) in [7, 11) is 0. The first kappa shape index (κ1) is 18.3. The van der Waals surface area contributed by atoms with Crippen molar-refractivity contribution in [3.63, 3.8) is 0 Å². The van der Waals surface area contributed by atoms with E-state index in [-0.39, 0.29) is 5.43 Å². The SMILES string of the molecule is CCCCCCCC/C=C/Cc1c(C)c(=O)c2ccccc2n1O. The molecule has 0 aliphatic heterocycles. The zero-order valence-corrected chi connectivity index (χ0v) is 14.9. The number of para-hydroxylation sites is 1. The van der Waals surface area contributed by atoms with Crippen LogP contribution in [0.15, 0.2) is 41.2 Å². The lowest BCUT2D eigenvalue weighted by Crippen LogP contribution is -2.16. The smallest absolute Gasteiger partial charge is 0.192 e. The van der Waals surface area contributed by atoms with E-state index in [9.17, 15) is 10.0 Å². The molecule has 0 saturated heterocycles. The molecule has 0 aliphatic rings. The molecule has 0 bridgehead atoms. The van der Waals surface area contributed by atoms with Crippen LogP contribution < -0.4 is 5.43 Å². The van der Waals surface area contributed by atoms with E-state index in [2.05, 4.69) is 19.1 Å². The minimum Gasteiger partial charge on any atom is -0.428 e. The lowest BCUT2D eigenvalue weighted by atomic mass is 10.1. The van der Waals surface area contributed by atoms with Crippen LogP contribution in [0.1, 0.15) is 63.1 Å². The molecule has 1 heterocycles. The lowest BCUT2D eigenvalue weighted by Gasteiger charge is -2.12. The molecule has 3 heteroatoms. The molecule has 0 aliphatic carbocycles. The third-order valence-corrected chi connectivity index (χ3v) is 4.61. The van der Waals surface area contributed by atoms with Gasteiger partial charge in [-0.15, -0.1) is 0 Å². The van der Waals surface area contributed by atoms with Gasteiger partial charge in [0.25, 0.3) is 0 Å². The zero-order valence-electron chi connectivity index (χ0n) is 14.9. The van der Waals surface area contributed by atoms with Gasteiger partial charge in [-0.3, -0.25) is 4.79 Å². The van der Waals surface area contributed by atoms with E-state index in [0.29, 0.717) is 28.6 Å². The molecule has 1 aromatic carbocycles. The normalized spacial score (nSPS) is 11.6. The monoisotopic (exact) mass is 327 g/mol. The number of hydrogen-bond donors (Lipinski definition) is 1. The lowest BCUT2D eigenvalue weighted by molar-refractivity contribution is 0.189. The average Bonchev–Trinajstić information content (AvgIpc) is 2.61. The van der Waals surface area contributed by atoms with Crippen LogP contribution in [0, 0.1) is 6.92 Å². The van der Waals surface area contributed by atoms with Gasteiger partial charge in [0.2, 0.25) is 0 Å². The molecular weight excluding hydrogens is 298 g/mol. The molecule has 24 heavy (non-hydrogen) atoms. The molecule has 2 rings (SSSR count). The topological polar surface area (TPSA) is 42.2 Å². The van der Waals surface area contributed by atoms with Gasteiger partial charge in [-0.1, -0.05) is 63.3 Å². The zero-order chi connectivity index (χ0) is 17.4. The Balaban J connectivity index is 1.96. The van der Waals surface area contributed by atoms with Crippen molar-refractivity contribution in [1.82, 2.24) is 4.73 Å². The average molecular weight is 327 g/mol. The van der Waals surface area contributed by atoms with Gasteiger partial charge in [0.15, 0.2) is 5.43 Å². The summed E-state index contributed by atoms with van der Waals surface area (Å²) < 4.78 is 1.17. The maximum Gasteiger partial charge on any atom is 0.192 e. The number of allylic oxidation sites excluding steroid dienone is 2. The Hall–Kier alpha value is -2.03. The number of rotatable bonds is 9. The summed E-state index contributed by atoms with van der Waals surface area (Å²) in [6.07, 6.45) is 13.7. The molecule has 130 valence electrons. The Kier molecular flexibility index (Phi) is 7.10. The molecule has 0 amide bonds. The van der Waals surface area contributed by atoms with Crippen molar-refractivity contribution in [3.8, 4) is 0 Å². The molecule has 0 spiro atoms. The summed E-state index contributed by atoms with van der Waals surface area (Å²) in [5.74, 6) is 0. The van der Waals surface area contributed by atoms with Gasteiger partial charge in [-0.25, -0.2) is 0 Å². The highest BCUT2D eigenvalue weighted by Crippen LogP contribution is 2.15. The predicted octanol–water partition coefficient (Wildman–Crippen LogP) is 5.40. The third-order valence-electron chi connectivity index (χ3n) is 4.61. The summed E-state index contributed by atoms with van der Waals surface area (Å²) in [6, 6.07) is 7.19. The molecule has 0 unspecified atom stereocenters. The Morgan fingerprint density at radius 1 is 1.04 bits per heavy atom. The number of aromatic nitrogens is 1. The minimum atomic E-state index is 0.00947. The van der Waals surface area contributed by atoms with Crippen LogP contribution in [0.5, 0.6) is 0 Å². The highest BCUT2D eigenvalue weighted by Gasteiger charge is 2.11. The number of fused-ring (bicyclic) bond motifs is 1. The van der Waals surface area contributed by atoms with Crippen LogP contribution in [0.25, 0.3) is 10.9 Å². The highest BCUT2D eigenvalue weighted by molar-refractivity contribution is 5.79. The second-order valence-corrected chi connectivity index (χ2v) is 6.46. The second kappa shape index (κ2) is 9.31. The van der Waals surface area contributed by atoms with Crippen molar-refractivity contribution in [2.75, 3.05) is 0 Å². The van der Waals surface area contributed by atoms with Crippen molar-refractivity contribution in [2.24, 2.45) is 0 Å². The Bertz CT molecular complexity index is 743. The first-order valence-electron chi connectivity index (χ1n) is 9.14. The van der Waals surface area contributed by atoms with Crippen LogP contribution in [0.2, 0.25) is 0 Å². The van der Waals surface area contributed by atoms with E-state index >= 15 is 0 Å². The molecular formula is C21H29NO2. The molecule has 0 radical (unpaired) electrons. The molecule has 3 nitrogen and oxygen atoms in total. The van der Waals surface area contributed by atoms with Crippen molar-refractivity contribution in [1.29, 1.82) is 0 Å². The van der Waals surface area contributed by atoms with Gasteiger partial charge >= 0.3 is 0 Å². The molecule has 1 aromatic heterocycles. The maximum absolute atomic E-state index is 12.4. The second-order valence-electron chi connectivity index (χ2n) is 6.46. The van der Waals surface area contributed by atoms with Crippen LogP contribution in [-0.2, 0) is 6.42 Å². The summed E-state index contributed by atoms with van der Waals surface area (Å²) in [6.45, 7) is 4.02. The highest BCUT2D eigenvalue weighted by atomic mass is 16.5. The summed E-state index contributed by atoms with van der Waals surface area (Å²) in [5, 5.41) is 11.0. The van der Waals surface area contributed by atoms with Crippen LogP contribution in [0.4, 0.5) is 0 Å². The quantitative estimate of drug-likeness (QED) is 0.381. The van der Waals surface area contributed by atoms with E-state index in [1.807, 2.05) is 12.1 Å². The van der Waals surface area contributed by atoms with Crippen molar-refractivity contribution < 1.29 is 5.21 Å². The first-order chi connectivity index (χ1) is 11.7. The number of unbranched alkanes of at least 4 members (excludes halogenated alkanes) is 6. The number of hydrogen-bond acceptors (Lipinski definition) is 2. The van der Waals surface area contributed by atoms with E-state index in [4.69, 9.17) is 0 Å². The number of benzene rings is 1. The fourth-order valence-electron chi connectivity index (χ4n) is 3.08. The van der Waals surface area contributed by atoms with Crippen LogP contribution >= 0.6 is 0 Å². The molecule has 1 N–H and O–H groups in total. The van der Waals surface area contributed by atoms with Gasteiger partial charge < -0.3 is 5.21 Å². The largest absolute Gasteiger partial charge is 0.428 e. The summed E-state index contributed by atoms with van der Waals surface area (Å²) in [5.41, 5.74) is 1.89. The number of nitrogens with zero attached hydrogens (tertiary/aromatic N) is 1. The Labute approximate surface area is 144 Å². The van der Waals surface area contributed by atoms with Crippen molar-refractivity contribution in [3.05, 3.63) is 57.9 Å². The fourth-order valence-corrected chi connectivity index (χ4v) is 3.08. The van der Waals surface area contributed by atoms with Crippen LogP contribution in [0.3, 0.4) is 0 Å². The molecule has 0 atom stereocenters. The van der Waals surface area contributed by atoms with E-state index in [1.54, 1.807) is 19.1 Å². The standard InChI is InChI=1S/C21H29NO2/c1-3-4-5-6-7-8-9-10-11-15-19-17(2)21(23)18-14-12-13-16-20(18)22(19)24/h10-14,16,24H,3-9,15H2,1-2H3/b11-10+. The molecule has 2 aromatic rings. The first-order valence-corrected chi connectivity index (χ1v) is 9.14. The van der Waals surface area contributed by atoms with E-state index in [1.165, 1.54) is 43.3 Å². The van der Waals surface area contributed by atoms with Crippen molar-refractivity contribution >= 4 is 10.9 Å². The van der Waals surface area contributed by atoms with Crippen LogP contribution in [-0.4, -0.2) is 9.94 Å². The number of pyridine rings is 1. The van der Waals surface area contributed by atoms with E-state index in [0.717, 1.165) is 6.42 Å². The van der Waals surface area contributed by atoms with Gasteiger partial charge in [0.1, 0.15) is 0 Å². The van der Waals surface area contributed by atoms with E-state index < -0.39 is 0 Å². The molecule has 0 saturated carbocycles. The predicted molar refractivity (Wildman–Crippen MR) is 101 cm³/mol. The summed E-state index contributed by atoms with van der Waals surface area (Å²) >= 11 is 0. The minimum absolute atomic E-state index is 0.00947.